The van der Waals surface area contributed by atoms with E-state index >= 15 is 0 Å². The molecule has 30 heavy (non-hydrogen) atoms. The highest BCUT2D eigenvalue weighted by Gasteiger charge is 2.47. The average Bonchev–Trinajstić information content (AvgIpc) is 2.75. The summed E-state index contributed by atoms with van der Waals surface area (Å²) in [7, 11) is 1.29. The Morgan fingerprint density at radius 3 is 2.73 bits per heavy atom. The quantitative estimate of drug-likeness (QED) is 0.636. The van der Waals surface area contributed by atoms with Crippen LogP contribution in [0.1, 0.15) is 16.8 Å². The predicted molar refractivity (Wildman–Crippen MR) is 105 cm³/mol. The lowest BCUT2D eigenvalue weighted by Crippen LogP contribution is -2.55. The van der Waals surface area contributed by atoms with E-state index in [-0.39, 0.29) is 23.7 Å². The lowest BCUT2D eigenvalue weighted by atomic mass is 10.0. The number of para-hydroxylation sites is 1. The standard InChI is InChI=1S/C22H19F3N2O3/c1-29-17-8-4-6-15(20(17)23)21(28)27-12-11-22(24,25)18(13-27)30-19-10-9-14-5-2-3-7-16(14)26-19/h2-10,18H,11-13H2,1H3. The minimum Gasteiger partial charge on any atom is -0.494 e. The van der Waals surface area contributed by atoms with Crippen molar-refractivity contribution in [3.8, 4) is 11.6 Å². The van der Waals surface area contributed by atoms with E-state index in [0.29, 0.717) is 5.52 Å². The van der Waals surface area contributed by atoms with Crippen LogP contribution in [0.4, 0.5) is 13.2 Å². The largest absolute Gasteiger partial charge is 0.494 e. The highest BCUT2D eigenvalue weighted by atomic mass is 19.3. The zero-order chi connectivity index (χ0) is 21.3. The summed E-state index contributed by atoms with van der Waals surface area (Å²) in [6.07, 6.45) is -2.19. The molecule has 1 aromatic heterocycles. The molecule has 1 saturated heterocycles. The Labute approximate surface area is 171 Å². The Morgan fingerprint density at radius 2 is 1.93 bits per heavy atom. The van der Waals surface area contributed by atoms with Crippen LogP contribution < -0.4 is 9.47 Å². The van der Waals surface area contributed by atoms with Gasteiger partial charge in [0, 0.05) is 24.4 Å². The molecule has 8 heteroatoms. The van der Waals surface area contributed by atoms with Gasteiger partial charge in [-0.3, -0.25) is 4.79 Å². The lowest BCUT2D eigenvalue weighted by molar-refractivity contribution is -0.131. The second kappa shape index (κ2) is 7.85. The molecule has 5 nitrogen and oxygen atoms in total. The van der Waals surface area contributed by atoms with Crippen LogP contribution in [0.3, 0.4) is 0 Å². The molecular formula is C22H19F3N2O3. The molecule has 156 valence electrons. The number of nitrogens with zero attached hydrogens (tertiary/aromatic N) is 2. The molecular weight excluding hydrogens is 397 g/mol. The summed E-state index contributed by atoms with van der Waals surface area (Å²) in [5.74, 6) is -4.72. The molecule has 0 aliphatic carbocycles. The molecule has 1 aliphatic heterocycles. The first-order valence-corrected chi connectivity index (χ1v) is 9.41. The van der Waals surface area contributed by atoms with Crippen molar-refractivity contribution in [2.75, 3.05) is 20.2 Å². The Morgan fingerprint density at radius 1 is 1.13 bits per heavy atom. The number of alkyl halides is 2. The van der Waals surface area contributed by atoms with Gasteiger partial charge in [-0.2, -0.15) is 0 Å². The fourth-order valence-electron chi connectivity index (χ4n) is 3.44. The Bertz CT molecular complexity index is 1090. The molecule has 0 N–H and O–H groups in total. The van der Waals surface area contributed by atoms with Crippen LogP contribution in [-0.2, 0) is 0 Å². The number of hydrogen-bond donors (Lipinski definition) is 0. The predicted octanol–water partition coefficient (Wildman–Crippen LogP) is 4.31. The maximum atomic E-state index is 14.5. The Balaban J connectivity index is 1.56. The summed E-state index contributed by atoms with van der Waals surface area (Å²) in [5, 5.41) is 0.852. The topological polar surface area (TPSA) is 51.7 Å². The molecule has 1 unspecified atom stereocenters. The molecule has 1 amide bonds. The van der Waals surface area contributed by atoms with Gasteiger partial charge in [-0.25, -0.2) is 18.2 Å². The van der Waals surface area contributed by atoms with E-state index in [4.69, 9.17) is 9.47 Å². The van der Waals surface area contributed by atoms with Gasteiger partial charge in [-0.05, 0) is 24.3 Å². The van der Waals surface area contributed by atoms with Crippen molar-refractivity contribution < 1.29 is 27.4 Å². The number of methoxy groups -OCH3 is 1. The summed E-state index contributed by atoms with van der Waals surface area (Å²) in [4.78, 5) is 18.2. The molecule has 2 heterocycles. The zero-order valence-corrected chi connectivity index (χ0v) is 16.1. The molecule has 1 fully saturated rings. The van der Waals surface area contributed by atoms with Crippen molar-refractivity contribution >= 4 is 16.8 Å². The van der Waals surface area contributed by atoms with E-state index < -0.39 is 36.7 Å². The van der Waals surface area contributed by atoms with E-state index in [0.717, 1.165) is 5.39 Å². The summed E-state index contributed by atoms with van der Waals surface area (Å²) in [6.45, 7) is -0.607. The number of amides is 1. The monoisotopic (exact) mass is 416 g/mol. The summed E-state index contributed by atoms with van der Waals surface area (Å²) >= 11 is 0. The lowest BCUT2D eigenvalue weighted by Gasteiger charge is -2.38. The molecule has 3 aromatic rings. The first kappa shape index (κ1) is 20.0. The normalized spacial score (nSPS) is 18.3. The van der Waals surface area contributed by atoms with Crippen LogP contribution >= 0.6 is 0 Å². The van der Waals surface area contributed by atoms with Crippen LogP contribution in [0.25, 0.3) is 10.9 Å². The number of carbonyl (C=O) groups is 1. The molecule has 1 aliphatic rings. The van der Waals surface area contributed by atoms with Crippen molar-refractivity contribution in [2.45, 2.75) is 18.4 Å². The first-order valence-electron chi connectivity index (χ1n) is 9.41. The van der Waals surface area contributed by atoms with Gasteiger partial charge < -0.3 is 14.4 Å². The summed E-state index contributed by atoms with van der Waals surface area (Å²) < 4.78 is 53.9. The summed E-state index contributed by atoms with van der Waals surface area (Å²) in [5.41, 5.74) is 0.377. The molecule has 0 spiro atoms. The van der Waals surface area contributed by atoms with Gasteiger partial charge in [-0.15, -0.1) is 0 Å². The second-order valence-corrected chi connectivity index (χ2v) is 7.03. The zero-order valence-electron chi connectivity index (χ0n) is 16.1. The van der Waals surface area contributed by atoms with Crippen LogP contribution in [0.15, 0.2) is 54.6 Å². The fraction of sp³-hybridized carbons (Fsp3) is 0.273. The van der Waals surface area contributed by atoms with E-state index in [1.165, 1.54) is 36.3 Å². The number of ether oxygens (including phenoxy) is 2. The van der Waals surface area contributed by atoms with Crippen LogP contribution in [0.2, 0.25) is 0 Å². The molecule has 0 radical (unpaired) electrons. The minimum absolute atomic E-state index is 0.0419. The second-order valence-electron chi connectivity index (χ2n) is 7.03. The Hall–Kier alpha value is -3.29. The van der Waals surface area contributed by atoms with Gasteiger partial charge in [0.25, 0.3) is 11.8 Å². The van der Waals surface area contributed by atoms with E-state index in [1.54, 1.807) is 18.2 Å². The average molecular weight is 416 g/mol. The number of rotatable bonds is 4. The molecule has 2 aromatic carbocycles. The number of likely N-dealkylation sites (tertiary alicyclic amines) is 1. The third kappa shape index (κ3) is 3.77. The van der Waals surface area contributed by atoms with E-state index in [9.17, 15) is 18.0 Å². The number of carbonyl (C=O) groups excluding carboxylic acids is 1. The van der Waals surface area contributed by atoms with Crippen LogP contribution in [0.5, 0.6) is 11.6 Å². The number of aromatic nitrogens is 1. The van der Waals surface area contributed by atoms with Gasteiger partial charge in [0.1, 0.15) is 0 Å². The maximum absolute atomic E-state index is 14.5. The maximum Gasteiger partial charge on any atom is 0.287 e. The van der Waals surface area contributed by atoms with Gasteiger partial charge >= 0.3 is 0 Å². The van der Waals surface area contributed by atoms with Gasteiger partial charge in [0.2, 0.25) is 5.88 Å². The number of fused-ring (bicyclic) bond motifs is 1. The third-order valence-electron chi connectivity index (χ3n) is 5.11. The van der Waals surface area contributed by atoms with Gasteiger partial charge in [0.05, 0.1) is 24.7 Å². The Kier molecular flexibility index (Phi) is 5.24. The van der Waals surface area contributed by atoms with Crippen LogP contribution in [0, 0.1) is 5.82 Å². The molecule has 1 atom stereocenters. The van der Waals surface area contributed by atoms with Gasteiger partial charge in [0.15, 0.2) is 17.7 Å². The van der Waals surface area contributed by atoms with Crippen molar-refractivity contribution in [3.63, 3.8) is 0 Å². The molecule has 4 rings (SSSR count). The smallest absolute Gasteiger partial charge is 0.287 e. The van der Waals surface area contributed by atoms with E-state index in [1.807, 2.05) is 12.1 Å². The fourth-order valence-corrected chi connectivity index (χ4v) is 3.44. The van der Waals surface area contributed by atoms with Crippen LogP contribution in [-0.4, -0.2) is 48.0 Å². The first-order chi connectivity index (χ1) is 14.4. The van der Waals surface area contributed by atoms with E-state index in [2.05, 4.69) is 4.98 Å². The summed E-state index contributed by atoms with van der Waals surface area (Å²) in [6, 6.07) is 14.6. The number of pyridine rings is 1. The number of hydrogen-bond acceptors (Lipinski definition) is 4. The minimum atomic E-state index is -3.16. The highest BCUT2D eigenvalue weighted by Crippen LogP contribution is 2.33. The SMILES string of the molecule is COc1cccc(C(=O)N2CCC(F)(F)C(Oc3ccc4ccccc4n3)C2)c1F. The molecule has 0 bridgehead atoms. The number of halogens is 3. The van der Waals surface area contributed by atoms with Crippen molar-refractivity contribution in [2.24, 2.45) is 0 Å². The van der Waals surface area contributed by atoms with Crippen molar-refractivity contribution in [1.82, 2.24) is 9.88 Å². The number of piperidine rings is 1. The highest BCUT2D eigenvalue weighted by molar-refractivity contribution is 5.95. The van der Waals surface area contributed by atoms with Crippen molar-refractivity contribution in [1.29, 1.82) is 0 Å². The third-order valence-corrected chi connectivity index (χ3v) is 5.11. The number of benzene rings is 2. The van der Waals surface area contributed by atoms with Crippen molar-refractivity contribution in [3.05, 3.63) is 66.0 Å². The van der Waals surface area contributed by atoms with Gasteiger partial charge in [-0.1, -0.05) is 24.3 Å². The molecule has 0 saturated carbocycles.